The van der Waals surface area contributed by atoms with Gasteiger partial charge in [0.05, 0.1) is 5.75 Å². The Morgan fingerprint density at radius 2 is 1.90 bits per heavy atom. The third-order valence-corrected chi connectivity index (χ3v) is 5.91. The van der Waals surface area contributed by atoms with Gasteiger partial charge in [0.1, 0.15) is 12.4 Å². The highest BCUT2D eigenvalue weighted by Gasteiger charge is 2.14. The van der Waals surface area contributed by atoms with Crippen molar-refractivity contribution in [1.29, 1.82) is 0 Å². The van der Waals surface area contributed by atoms with Crippen molar-refractivity contribution in [2.75, 3.05) is 5.75 Å². The van der Waals surface area contributed by atoms with Gasteiger partial charge in [0.15, 0.2) is 11.0 Å². The van der Waals surface area contributed by atoms with E-state index < -0.39 is 0 Å². The van der Waals surface area contributed by atoms with Gasteiger partial charge in [-0.2, -0.15) is 0 Å². The van der Waals surface area contributed by atoms with Crippen LogP contribution in [0.25, 0.3) is 0 Å². The lowest BCUT2D eigenvalue weighted by Crippen LogP contribution is -2.24. The lowest BCUT2D eigenvalue weighted by atomic mass is 10.1. The van der Waals surface area contributed by atoms with Crippen LogP contribution in [0.15, 0.2) is 47.6 Å². The molecule has 0 bridgehead atoms. The first-order valence-electron chi connectivity index (χ1n) is 9.72. The summed E-state index contributed by atoms with van der Waals surface area (Å²) in [6.07, 6.45) is 0. The standard InChI is InChI=1S/C22H25ClN4O2S/c1-4-27-20(13-29-19-10-5-15(2)16(3)11-19)25-26-22(27)30-14-21(28)24-12-17-6-8-18(23)9-7-17/h5-11H,4,12-14H2,1-3H3,(H,24,28). The van der Waals surface area contributed by atoms with E-state index in [2.05, 4.69) is 29.4 Å². The number of nitrogens with zero attached hydrogens (tertiary/aromatic N) is 3. The summed E-state index contributed by atoms with van der Waals surface area (Å²) >= 11 is 7.24. The number of thioether (sulfide) groups is 1. The fourth-order valence-corrected chi connectivity index (χ4v) is 3.76. The zero-order valence-corrected chi connectivity index (χ0v) is 18.9. The topological polar surface area (TPSA) is 69.0 Å². The molecular formula is C22H25ClN4O2S. The maximum absolute atomic E-state index is 12.2. The van der Waals surface area contributed by atoms with Crippen LogP contribution in [0.3, 0.4) is 0 Å². The van der Waals surface area contributed by atoms with Gasteiger partial charge in [-0.15, -0.1) is 10.2 Å². The second kappa shape index (κ2) is 10.5. The minimum absolute atomic E-state index is 0.0615. The molecule has 1 N–H and O–H groups in total. The minimum Gasteiger partial charge on any atom is -0.486 e. The average molecular weight is 445 g/mol. The summed E-state index contributed by atoms with van der Waals surface area (Å²) in [6.45, 7) is 7.64. The van der Waals surface area contributed by atoms with Gasteiger partial charge in [0, 0.05) is 18.1 Å². The first-order chi connectivity index (χ1) is 14.5. The number of carbonyl (C=O) groups is 1. The molecule has 0 fully saturated rings. The van der Waals surface area contributed by atoms with Gasteiger partial charge < -0.3 is 14.6 Å². The number of amides is 1. The second-order valence-corrected chi connectivity index (χ2v) is 8.25. The van der Waals surface area contributed by atoms with Gasteiger partial charge in [-0.3, -0.25) is 4.79 Å². The van der Waals surface area contributed by atoms with Gasteiger partial charge in [0.2, 0.25) is 5.91 Å². The minimum atomic E-state index is -0.0615. The van der Waals surface area contributed by atoms with Gasteiger partial charge in [-0.25, -0.2) is 0 Å². The molecule has 0 unspecified atom stereocenters. The molecule has 0 radical (unpaired) electrons. The van der Waals surface area contributed by atoms with E-state index in [1.54, 1.807) is 0 Å². The monoisotopic (exact) mass is 444 g/mol. The molecule has 158 valence electrons. The fraction of sp³-hybridized carbons (Fsp3) is 0.318. The normalized spacial score (nSPS) is 10.8. The van der Waals surface area contributed by atoms with Crippen LogP contribution in [0.4, 0.5) is 0 Å². The van der Waals surface area contributed by atoms with Crippen LogP contribution >= 0.6 is 23.4 Å². The number of halogens is 1. The fourth-order valence-electron chi connectivity index (χ4n) is 2.79. The van der Waals surface area contributed by atoms with Crippen LogP contribution < -0.4 is 10.1 Å². The number of hydrogen-bond acceptors (Lipinski definition) is 5. The first kappa shape index (κ1) is 22.2. The van der Waals surface area contributed by atoms with E-state index in [4.69, 9.17) is 16.3 Å². The number of aryl methyl sites for hydroxylation is 2. The largest absolute Gasteiger partial charge is 0.486 e. The summed E-state index contributed by atoms with van der Waals surface area (Å²) in [6, 6.07) is 13.4. The van der Waals surface area contributed by atoms with Crippen molar-refractivity contribution in [1.82, 2.24) is 20.1 Å². The number of aromatic nitrogens is 3. The number of nitrogens with one attached hydrogen (secondary N) is 1. The Kier molecular flexibility index (Phi) is 7.76. The van der Waals surface area contributed by atoms with E-state index in [1.807, 2.05) is 54.0 Å². The molecule has 30 heavy (non-hydrogen) atoms. The smallest absolute Gasteiger partial charge is 0.230 e. The van der Waals surface area contributed by atoms with Crippen molar-refractivity contribution in [3.63, 3.8) is 0 Å². The summed E-state index contributed by atoms with van der Waals surface area (Å²) in [5.41, 5.74) is 3.41. The van der Waals surface area contributed by atoms with E-state index in [-0.39, 0.29) is 11.7 Å². The second-order valence-electron chi connectivity index (χ2n) is 6.87. The lowest BCUT2D eigenvalue weighted by Gasteiger charge is -2.10. The number of carbonyl (C=O) groups excluding carboxylic acids is 1. The molecule has 2 aromatic carbocycles. The molecule has 0 aliphatic heterocycles. The summed E-state index contributed by atoms with van der Waals surface area (Å²) in [5.74, 6) is 1.75. The Hall–Kier alpha value is -2.51. The van der Waals surface area contributed by atoms with E-state index >= 15 is 0 Å². The number of ether oxygens (including phenoxy) is 1. The summed E-state index contributed by atoms with van der Waals surface area (Å²) in [7, 11) is 0. The van der Waals surface area contributed by atoms with Crippen LogP contribution in [-0.4, -0.2) is 26.4 Å². The Morgan fingerprint density at radius 1 is 1.13 bits per heavy atom. The van der Waals surface area contributed by atoms with Gasteiger partial charge in [-0.05, 0) is 61.7 Å². The van der Waals surface area contributed by atoms with Crippen LogP contribution in [0, 0.1) is 13.8 Å². The average Bonchev–Trinajstić information content (AvgIpc) is 3.14. The van der Waals surface area contributed by atoms with Gasteiger partial charge in [-0.1, -0.05) is 41.6 Å². The number of hydrogen-bond donors (Lipinski definition) is 1. The van der Waals surface area contributed by atoms with Crippen molar-refractivity contribution in [2.24, 2.45) is 0 Å². The van der Waals surface area contributed by atoms with Crippen molar-refractivity contribution in [2.45, 2.75) is 45.6 Å². The molecule has 0 aliphatic carbocycles. The molecule has 0 saturated carbocycles. The van der Waals surface area contributed by atoms with Crippen molar-refractivity contribution in [3.8, 4) is 5.75 Å². The van der Waals surface area contributed by atoms with Crippen LogP contribution in [-0.2, 0) is 24.5 Å². The van der Waals surface area contributed by atoms with Gasteiger partial charge >= 0.3 is 0 Å². The Morgan fingerprint density at radius 3 is 2.60 bits per heavy atom. The predicted molar refractivity (Wildman–Crippen MR) is 120 cm³/mol. The molecule has 1 heterocycles. The van der Waals surface area contributed by atoms with Crippen molar-refractivity contribution in [3.05, 3.63) is 70.0 Å². The van der Waals surface area contributed by atoms with E-state index in [0.29, 0.717) is 29.9 Å². The quantitative estimate of drug-likeness (QED) is 0.490. The van der Waals surface area contributed by atoms with Gasteiger partial charge in [0.25, 0.3) is 0 Å². The number of benzene rings is 2. The van der Waals surface area contributed by atoms with E-state index in [9.17, 15) is 4.79 Å². The Balaban J connectivity index is 1.52. The molecule has 1 aromatic heterocycles. The first-order valence-corrected chi connectivity index (χ1v) is 11.1. The van der Waals surface area contributed by atoms with Crippen LogP contribution in [0.2, 0.25) is 5.02 Å². The molecule has 3 aromatic rings. The van der Waals surface area contributed by atoms with E-state index in [0.717, 1.165) is 17.1 Å². The highest BCUT2D eigenvalue weighted by molar-refractivity contribution is 7.99. The molecule has 0 atom stereocenters. The maximum atomic E-state index is 12.2. The molecular weight excluding hydrogens is 420 g/mol. The summed E-state index contributed by atoms with van der Waals surface area (Å²) < 4.78 is 7.85. The highest BCUT2D eigenvalue weighted by atomic mass is 35.5. The molecule has 3 rings (SSSR count). The number of rotatable bonds is 9. The predicted octanol–water partition coefficient (Wildman–Crippen LogP) is 4.56. The maximum Gasteiger partial charge on any atom is 0.230 e. The van der Waals surface area contributed by atoms with Crippen molar-refractivity contribution < 1.29 is 9.53 Å². The molecule has 0 aliphatic rings. The summed E-state index contributed by atoms with van der Waals surface area (Å²) in [4.78, 5) is 12.2. The Labute approximate surface area is 186 Å². The Bertz CT molecular complexity index is 1000. The van der Waals surface area contributed by atoms with Crippen LogP contribution in [0.5, 0.6) is 5.75 Å². The molecule has 0 saturated heterocycles. The molecule has 1 amide bonds. The van der Waals surface area contributed by atoms with E-state index in [1.165, 1.54) is 22.9 Å². The lowest BCUT2D eigenvalue weighted by molar-refractivity contribution is -0.118. The zero-order valence-electron chi connectivity index (χ0n) is 17.3. The SMILES string of the molecule is CCn1c(COc2ccc(C)c(C)c2)nnc1SCC(=O)NCc1ccc(Cl)cc1. The molecule has 8 heteroatoms. The zero-order chi connectivity index (χ0) is 21.5. The molecule has 6 nitrogen and oxygen atoms in total. The summed E-state index contributed by atoms with van der Waals surface area (Å²) in [5, 5.41) is 12.8. The molecule has 0 spiro atoms. The third kappa shape index (κ3) is 6.00. The third-order valence-electron chi connectivity index (χ3n) is 4.69. The highest BCUT2D eigenvalue weighted by Crippen LogP contribution is 2.20. The van der Waals surface area contributed by atoms with Crippen molar-refractivity contribution >= 4 is 29.3 Å². The van der Waals surface area contributed by atoms with Crippen LogP contribution in [0.1, 0.15) is 29.4 Å².